The first-order chi connectivity index (χ1) is 9.38. The molecule has 1 heterocycles. The Morgan fingerprint density at radius 2 is 1.68 bits per heavy atom. The molecule has 0 saturated heterocycles. The van der Waals surface area contributed by atoms with Gasteiger partial charge in [-0.25, -0.2) is 0 Å². The molecule has 1 heteroatoms. The van der Waals surface area contributed by atoms with Gasteiger partial charge in [0.05, 0.1) is 5.69 Å². The van der Waals surface area contributed by atoms with Crippen LogP contribution in [0.5, 0.6) is 0 Å². The zero-order valence-electron chi connectivity index (χ0n) is 11.1. The molecule has 0 spiro atoms. The molecule has 0 amide bonds. The maximum Gasteiger partial charge on any atom is 0.0780 e. The van der Waals surface area contributed by atoms with E-state index in [-0.39, 0.29) is 0 Å². The van der Waals surface area contributed by atoms with Crippen molar-refractivity contribution in [2.45, 2.75) is 19.8 Å². The molecule has 1 aromatic heterocycles. The van der Waals surface area contributed by atoms with Crippen LogP contribution in [0.3, 0.4) is 0 Å². The number of fused-ring (bicyclic) bond motifs is 1. The van der Waals surface area contributed by atoms with Crippen LogP contribution in [0.2, 0.25) is 0 Å². The van der Waals surface area contributed by atoms with E-state index >= 15 is 0 Å². The number of benzene rings is 2. The Morgan fingerprint density at radius 1 is 0.895 bits per heavy atom. The standard InChI is InChI=1S/C18H17N/c1-2-5-14-8-10-16(11-9-14)18-17-7-4-3-6-15(17)12-13-19-18/h3-4,6-13H,2,5H2,1H3. The van der Waals surface area contributed by atoms with E-state index in [2.05, 4.69) is 66.5 Å². The Labute approximate surface area is 113 Å². The lowest BCUT2D eigenvalue weighted by Gasteiger charge is -2.06. The number of aryl methyl sites for hydroxylation is 1. The molecule has 1 nitrogen and oxygen atoms in total. The van der Waals surface area contributed by atoms with Crippen LogP contribution in [0.15, 0.2) is 60.8 Å². The molecular formula is C18H17N. The largest absolute Gasteiger partial charge is 0.256 e. The minimum atomic E-state index is 1.07. The normalized spacial score (nSPS) is 10.8. The summed E-state index contributed by atoms with van der Waals surface area (Å²) in [6.07, 6.45) is 4.22. The van der Waals surface area contributed by atoms with Gasteiger partial charge in [-0.3, -0.25) is 4.98 Å². The lowest BCUT2D eigenvalue weighted by molar-refractivity contribution is 0.922. The number of rotatable bonds is 3. The first kappa shape index (κ1) is 11.9. The van der Waals surface area contributed by atoms with Gasteiger partial charge < -0.3 is 0 Å². The zero-order chi connectivity index (χ0) is 13.1. The van der Waals surface area contributed by atoms with E-state index in [0.717, 1.165) is 12.1 Å². The summed E-state index contributed by atoms with van der Waals surface area (Å²) in [5.41, 5.74) is 3.66. The van der Waals surface area contributed by atoms with Crippen molar-refractivity contribution in [3.8, 4) is 11.3 Å². The van der Waals surface area contributed by atoms with Crippen molar-refractivity contribution in [2.24, 2.45) is 0 Å². The van der Waals surface area contributed by atoms with Crippen LogP contribution in [0.1, 0.15) is 18.9 Å². The molecule has 0 atom stereocenters. The van der Waals surface area contributed by atoms with E-state index < -0.39 is 0 Å². The molecule has 3 aromatic rings. The van der Waals surface area contributed by atoms with Crippen molar-refractivity contribution in [2.75, 3.05) is 0 Å². The molecule has 19 heavy (non-hydrogen) atoms. The van der Waals surface area contributed by atoms with E-state index in [4.69, 9.17) is 0 Å². The molecule has 0 radical (unpaired) electrons. The minimum Gasteiger partial charge on any atom is -0.256 e. The SMILES string of the molecule is CCCc1ccc(-c2nccc3ccccc23)cc1. The second-order valence-corrected chi connectivity index (χ2v) is 4.83. The molecule has 0 unspecified atom stereocenters. The van der Waals surface area contributed by atoms with Gasteiger partial charge in [-0.1, -0.05) is 61.9 Å². The third-order valence-electron chi connectivity index (χ3n) is 3.44. The van der Waals surface area contributed by atoms with Crippen molar-refractivity contribution in [1.29, 1.82) is 0 Å². The van der Waals surface area contributed by atoms with Crippen molar-refractivity contribution in [3.63, 3.8) is 0 Å². The molecule has 2 aromatic carbocycles. The zero-order valence-corrected chi connectivity index (χ0v) is 11.1. The molecule has 0 fully saturated rings. The highest BCUT2D eigenvalue weighted by Gasteiger charge is 2.04. The molecule has 0 aliphatic rings. The minimum absolute atomic E-state index is 1.07. The Kier molecular flexibility index (Phi) is 3.28. The van der Waals surface area contributed by atoms with Crippen molar-refractivity contribution in [1.82, 2.24) is 4.98 Å². The second kappa shape index (κ2) is 5.23. The van der Waals surface area contributed by atoms with Gasteiger partial charge in [0.1, 0.15) is 0 Å². The van der Waals surface area contributed by atoms with Gasteiger partial charge in [0, 0.05) is 17.1 Å². The summed E-state index contributed by atoms with van der Waals surface area (Å²) in [7, 11) is 0. The predicted molar refractivity (Wildman–Crippen MR) is 81.2 cm³/mol. The highest BCUT2D eigenvalue weighted by Crippen LogP contribution is 2.26. The predicted octanol–water partition coefficient (Wildman–Crippen LogP) is 4.85. The van der Waals surface area contributed by atoms with Gasteiger partial charge in [-0.15, -0.1) is 0 Å². The fraction of sp³-hybridized carbons (Fsp3) is 0.167. The van der Waals surface area contributed by atoms with Gasteiger partial charge in [0.2, 0.25) is 0 Å². The third kappa shape index (κ3) is 2.37. The molecule has 0 N–H and O–H groups in total. The Balaban J connectivity index is 2.08. The molecule has 0 aliphatic carbocycles. The smallest absolute Gasteiger partial charge is 0.0780 e. The first-order valence-corrected chi connectivity index (χ1v) is 6.81. The highest BCUT2D eigenvalue weighted by molar-refractivity contribution is 5.94. The van der Waals surface area contributed by atoms with E-state index in [9.17, 15) is 0 Å². The number of aromatic nitrogens is 1. The Bertz CT molecular complexity index is 678. The van der Waals surface area contributed by atoms with Crippen LogP contribution in [0.4, 0.5) is 0 Å². The number of pyridine rings is 1. The monoisotopic (exact) mass is 247 g/mol. The van der Waals surface area contributed by atoms with Gasteiger partial charge >= 0.3 is 0 Å². The van der Waals surface area contributed by atoms with Crippen LogP contribution in [0.25, 0.3) is 22.0 Å². The van der Waals surface area contributed by atoms with Crippen LogP contribution >= 0.6 is 0 Å². The lowest BCUT2D eigenvalue weighted by Crippen LogP contribution is -1.87. The van der Waals surface area contributed by atoms with Gasteiger partial charge in [-0.05, 0) is 23.4 Å². The maximum atomic E-state index is 4.55. The van der Waals surface area contributed by atoms with Crippen molar-refractivity contribution in [3.05, 3.63) is 66.4 Å². The highest BCUT2D eigenvalue weighted by atomic mass is 14.7. The molecule has 0 aliphatic heterocycles. The summed E-state index contributed by atoms with van der Waals surface area (Å²) in [5, 5.41) is 2.46. The number of nitrogens with zero attached hydrogens (tertiary/aromatic N) is 1. The summed E-state index contributed by atoms with van der Waals surface area (Å²) in [5.74, 6) is 0. The number of hydrogen-bond acceptors (Lipinski definition) is 1. The van der Waals surface area contributed by atoms with E-state index in [1.165, 1.54) is 28.3 Å². The summed E-state index contributed by atoms with van der Waals surface area (Å²) >= 11 is 0. The first-order valence-electron chi connectivity index (χ1n) is 6.81. The van der Waals surface area contributed by atoms with Crippen LogP contribution in [0, 0.1) is 0 Å². The topological polar surface area (TPSA) is 12.9 Å². The quantitative estimate of drug-likeness (QED) is 0.644. The summed E-state index contributed by atoms with van der Waals surface area (Å²) < 4.78 is 0. The van der Waals surface area contributed by atoms with E-state index in [1.54, 1.807) is 0 Å². The van der Waals surface area contributed by atoms with Gasteiger partial charge in [0.15, 0.2) is 0 Å². The fourth-order valence-corrected chi connectivity index (χ4v) is 2.47. The van der Waals surface area contributed by atoms with Crippen molar-refractivity contribution < 1.29 is 0 Å². The summed E-state index contributed by atoms with van der Waals surface area (Å²) in [6, 6.07) is 19.2. The molecule has 0 bridgehead atoms. The second-order valence-electron chi connectivity index (χ2n) is 4.83. The van der Waals surface area contributed by atoms with E-state index in [1.807, 2.05) is 6.20 Å². The molecule has 3 rings (SSSR count). The van der Waals surface area contributed by atoms with Crippen LogP contribution in [-0.4, -0.2) is 4.98 Å². The fourth-order valence-electron chi connectivity index (χ4n) is 2.47. The van der Waals surface area contributed by atoms with Crippen LogP contribution < -0.4 is 0 Å². The average molecular weight is 247 g/mol. The Hall–Kier alpha value is -2.15. The third-order valence-corrected chi connectivity index (χ3v) is 3.44. The number of hydrogen-bond donors (Lipinski definition) is 0. The van der Waals surface area contributed by atoms with Gasteiger partial charge in [0.25, 0.3) is 0 Å². The van der Waals surface area contributed by atoms with Gasteiger partial charge in [-0.2, -0.15) is 0 Å². The summed E-state index contributed by atoms with van der Waals surface area (Å²) in [6.45, 7) is 2.21. The average Bonchev–Trinajstić information content (AvgIpc) is 2.48. The van der Waals surface area contributed by atoms with Crippen LogP contribution in [-0.2, 0) is 6.42 Å². The van der Waals surface area contributed by atoms with Crippen molar-refractivity contribution >= 4 is 10.8 Å². The molecular weight excluding hydrogens is 230 g/mol. The molecule has 0 saturated carbocycles. The molecule has 94 valence electrons. The van der Waals surface area contributed by atoms with E-state index in [0.29, 0.717) is 0 Å². The Morgan fingerprint density at radius 3 is 2.47 bits per heavy atom. The lowest BCUT2D eigenvalue weighted by atomic mass is 10.0. The maximum absolute atomic E-state index is 4.55. The summed E-state index contributed by atoms with van der Waals surface area (Å²) in [4.78, 5) is 4.55.